The molecule has 3 nitrogen and oxygen atoms in total. The number of hydrogen-bond acceptors (Lipinski definition) is 2. The Kier molecular flexibility index (Phi) is 4.29. The summed E-state index contributed by atoms with van der Waals surface area (Å²) in [6.45, 7) is 2.19. The fraction of sp³-hybridized carbons (Fsp3) is 0.167. The van der Waals surface area contributed by atoms with Crippen LogP contribution in [0.2, 0.25) is 10.0 Å². The number of benzene rings is 1. The highest BCUT2D eigenvalue weighted by atomic mass is 127. The minimum absolute atomic E-state index is 0.0610. The standard InChI is InChI=1S/C12H9Cl2IN2O/c1-7-16-5-11(15)12(18)17(7)6-8-2-3-9(13)4-10(8)14/h2-5H,6H2,1H3. The quantitative estimate of drug-likeness (QED) is 0.730. The molecule has 2 aromatic rings. The van der Waals surface area contributed by atoms with E-state index in [4.69, 9.17) is 23.2 Å². The van der Waals surface area contributed by atoms with E-state index in [0.29, 0.717) is 26.0 Å². The van der Waals surface area contributed by atoms with E-state index in [1.807, 2.05) is 28.7 Å². The molecule has 1 aromatic carbocycles. The topological polar surface area (TPSA) is 34.9 Å². The average molecular weight is 395 g/mol. The van der Waals surface area contributed by atoms with Gasteiger partial charge in [-0.2, -0.15) is 0 Å². The summed E-state index contributed by atoms with van der Waals surface area (Å²) in [5, 5.41) is 1.13. The second-order valence-corrected chi connectivity index (χ2v) is 5.79. The SMILES string of the molecule is Cc1ncc(I)c(=O)n1Cc1ccc(Cl)cc1Cl. The Morgan fingerprint density at radius 1 is 1.39 bits per heavy atom. The Balaban J connectivity index is 2.46. The second kappa shape index (κ2) is 5.59. The van der Waals surface area contributed by atoms with E-state index in [2.05, 4.69) is 4.98 Å². The zero-order chi connectivity index (χ0) is 13.3. The molecule has 6 heteroatoms. The number of aryl methyl sites for hydroxylation is 1. The van der Waals surface area contributed by atoms with Crippen LogP contribution in [-0.4, -0.2) is 9.55 Å². The Hall–Kier alpha value is -0.590. The highest BCUT2D eigenvalue weighted by molar-refractivity contribution is 14.1. The highest BCUT2D eigenvalue weighted by Gasteiger charge is 2.08. The molecule has 0 N–H and O–H groups in total. The van der Waals surface area contributed by atoms with Crippen molar-refractivity contribution >= 4 is 45.8 Å². The van der Waals surface area contributed by atoms with Gasteiger partial charge in [0.25, 0.3) is 5.56 Å². The van der Waals surface area contributed by atoms with E-state index in [0.717, 1.165) is 5.56 Å². The molecular formula is C12H9Cl2IN2O. The molecule has 1 aromatic heterocycles. The molecule has 0 aliphatic rings. The zero-order valence-corrected chi connectivity index (χ0v) is 13.1. The second-order valence-electron chi connectivity index (χ2n) is 3.78. The first-order chi connectivity index (χ1) is 8.49. The fourth-order valence-electron chi connectivity index (χ4n) is 1.56. The van der Waals surface area contributed by atoms with Crippen molar-refractivity contribution < 1.29 is 0 Å². The lowest BCUT2D eigenvalue weighted by atomic mass is 10.2. The normalized spacial score (nSPS) is 10.7. The third kappa shape index (κ3) is 2.87. The molecule has 1 heterocycles. The van der Waals surface area contributed by atoms with Gasteiger partial charge in [0.15, 0.2) is 0 Å². The summed E-state index contributed by atoms with van der Waals surface area (Å²) in [7, 11) is 0. The molecule has 18 heavy (non-hydrogen) atoms. The molecule has 0 unspecified atom stereocenters. The number of rotatable bonds is 2. The summed E-state index contributed by atoms with van der Waals surface area (Å²) in [6, 6.07) is 5.24. The van der Waals surface area contributed by atoms with E-state index in [1.165, 1.54) is 0 Å². The Labute approximate surface area is 128 Å². The van der Waals surface area contributed by atoms with Gasteiger partial charge in [0, 0.05) is 16.2 Å². The number of aromatic nitrogens is 2. The van der Waals surface area contributed by atoms with Crippen molar-refractivity contribution in [3.05, 3.63) is 59.8 Å². The smallest absolute Gasteiger partial charge is 0.267 e. The first-order valence-corrected chi connectivity index (χ1v) is 6.98. The average Bonchev–Trinajstić information content (AvgIpc) is 2.32. The first kappa shape index (κ1) is 13.8. The largest absolute Gasteiger partial charge is 0.291 e. The molecule has 0 radical (unpaired) electrons. The molecule has 0 fully saturated rings. The predicted molar refractivity (Wildman–Crippen MR) is 81.5 cm³/mol. The summed E-state index contributed by atoms with van der Waals surface area (Å²) in [6.07, 6.45) is 1.57. The van der Waals surface area contributed by atoms with Crippen LogP contribution in [0, 0.1) is 10.5 Å². The Morgan fingerprint density at radius 3 is 2.78 bits per heavy atom. The minimum Gasteiger partial charge on any atom is -0.291 e. The van der Waals surface area contributed by atoms with Gasteiger partial charge in [0.05, 0.1) is 10.1 Å². The van der Waals surface area contributed by atoms with Gasteiger partial charge >= 0.3 is 0 Å². The molecule has 0 bridgehead atoms. The summed E-state index contributed by atoms with van der Waals surface area (Å²) >= 11 is 13.9. The van der Waals surface area contributed by atoms with Gasteiger partial charge < -0.3 is 0 Å². The summed E-state index contributed by atoms with van der Waals surface area (Å²) in [5.41, 5.74) is 0.782. The zero-order valence-electron chi connectivity index (χ0n) is 9.45. The van der Waals surface area contributed by atoms with Crippen molar-refractivity contribution in [2.24, 2.45) is 0 Å². The third-order valence-electron chi connectivity index (χ3n) is 2.55. The monoisotopic (exact) mass is 394 g/mol. The summed E-state index contributed by atoms with van der Waals surface area (Å²) in [5.74, 6) is 0.659. The molecular weight excluding hydrogens is 386 g/mol. The van der Waals surface area contributed by atoms with Crippen LogP contribution in [0.5, 0.6) is 0 Å². The van der Waals surface area contributed by atoms with Gasteiger partial charge in [-0.25, -0.2) is 4.98 Å². The highest BCUT2D eigenvalue weighted by Crippen LogP contribution is 2.21. The maximum absolute atomic E-state index is 12.0. The molecule has 94 valence electrons. The van der Waals surface area contributed by atoms with Crippen molar-refractivity contribution in [2.45, 2.75) is 13.5 Å². The molecule has 0 saturated carbocycles. The van der Waals surface area contributed by atoms with Crippen LogP contribution in [-0.2, 0) is 6.54 Å². The van der Waals surface area contributed by atoms with E-state index in [-0.39, 0.29) is 5.56 Å². The lowest BCUT2D eigenvalue weighted by Crippen LogP contribution is -2.26. The molecule has 0 spiro atoms. The van der Waals surface area contributed by atoms with Gasteiger partial charge in [0.1, 0.15) is 5.82 Å². The maximum Gasteiger partial charge on any atom is 0.267 e. The van der Waals surface area contributed by atoms with Crippen LogP contribution in [0.25, 0.3) is 0 Å². The van der Waals surface area contributed by atoms with Crippen LogP contribution in [0.3, 0.4) is 0 Å². The molecule has 0 amide bonds. The van der Waals surface area contributed by atoms with Crippen LogP contribution in [0.15, 0.2) is 29.2 Å². The number of halogens is 3. The van der Waals surface area contributed by atoms with Gasteiger partial charge in [-0.3, -0.25) is 9.36 Å². The summed E-state index contributed by atoms with van der Waals surface area (Å²) < 4.78 is 2.18. The van der Waals surface area contributed by atoms with E-state index < -0.39 is 0 Å². The van der Waals surface area contributed by atoms with Gasteiger partial charge in [-0.05, 0) is 47.2 Å². The van der Waals surface area contributed by atoms with Gasteiger partial charge in [0.2, 0.25) is 0 Å². The van der Waals surface area contributed by atoms with Crippen LogP contribution in [0.1, 0.15) is 11.4 Å². The van der Waals surface area contributed by atoms with E-state index >= 15 is 0 Å². The van der Waals surface area contributed by atoms with Crippen LogP contribution < -0.4 is 5.56 Å². The van der Waals surface area contributed by atoms with Crippen molar-refractivity contribution in [3.63, 3.8) is 0 Å². The maximum atomic E-state index is 12.0. The van der Waals surface area contributed by atoms with Gasteiger partial charge in [-0.1, -0.05) is 29.3 Å². The van der Waals surface area contributed by atoms with Crippen LogP contribution in [0.4, 0.5) is 0 Å². The summed E-state index contributed by atoms with van der Waals surface area (Å²) in [4.78, 5) is 16.2. The lowest BCUT2D eigenvalue weighted by Gasteiger charge is -2.10. The van der Waals surface area contributed by atoms with Crippen molar-refractivity contribution in [3.8, 4) is 0 Å². The number of nitrogens with zero attached hydrogens (tertiary/aromatic N) is 2. The van der Waals surface area contributed by atoms with E-state index in [1.54, 1.807) is 29.8 Å². The van der Waals surface area contributed by atoms with Crippen molar-refractivity contribution in [2.75, 3.05) is 0 Å². The molecule has 0 aliphatic heterocycles. The van der Waals surface area contributed by atoms with Crippen molar-refractivity contribution in [1.82, 2.24) is 9.55 Å². The first-order valence-electron chi connectivity index (χ1n) is 5.15. The number of hydrogen-bond donors (Lipinski definition) is 0. The Morgan fingerprint density at radius 2 is 2.11 bits per heavy atom. The van der Waals surface area contributed by atoms with Gasteiger partial charge in [-0.15, -0.1) is 0 Å². The molecule has 0 atom stereocenters. The minimum atomic E-state index is -0.0610. The lowest BCUT2D eigenvalue weighted by molar-refractivity contribution is 0.695. The fourth-order valence-corrected chi connectivity index (χ4v) is 2.46. The van der Waals surface area contributed by atoms with Crippen molar-refractivity contribution in [1.29, 1.82) is 0 Å². The molecule has 0 aliphatic carbocycles. The van der Waals surface area contributed by atoms with E-state index in [9.17, 15) is 4.79 Å². The predicted octanol–water partition coefficient (Wildman–Crippen LogP) is 3.51. The molecule has 0 saturated heterocycles. The molecule has 2 rings (SSSR count). The Bertz CT molecular complexity index is 655. The third-order valence-corrected chi connectivity index (χ3v) is 3.88. The van der Waals surface area contributed by atoms with Crippen LogP contribution >= 0.6 is 45.8 Å².